The summed E-state index contributed by atoms with van der Waals surface area (Å²) in [6.07, 6.45) is 1.79. The van der Waals surface area contributed by atoms with Crippen LogP contribution in [0.4, 0.5) is 5.69 Å². The van der Waals surface area contributed by atoms with Crippen LogP contribution in [-0.2, 0) is 0 Å². The number of aromatic nitrogens is 1. The Morgan fingerprint density at radius 2 is 1.94 bits per heavy atom. The second-order valence-electron chi connectivity index (χ2n) is 6.17. The topological polar surface area (TPSA) is 50.9 Å². The SMILES string of the molecule is CC1(C)C(CNc2ccc(C(N)=S)nc2)C1(C)C. The fraction of sp³-hybridized carbons (Fsp3) is 0.571. The molecule has 0 bridgehead atoms. The van der Waals surface area contributed by atoms with E-state index in [0.29, 0.717) is 27.4 Å². The van der Waals surface area contributed by atoms with Crippen LogP contribution in [0, 0.1) is 16.7 Å². The minimum Gasteiger partial charge on any atom is -0.388 e. The van der Waals surface area contributed by atoms with Gasteiger partial charge in [0.25, 0.3) is 0 Å². The van der Waals surface area contributed by atoms with Gasteiger partial charge in [0.2, 0.25) is 0 Å². The fourth-order valence-corrected chi connectivity index (χ4v) is 2.83. The van der Waals surface area contributed by atoms with Crippen LogP contribution in [0.2, 0.25) is 0 Å². The van der Waals surface area contributed by atoms with Gasteiger partial charge in [0.1, 0.15) is 4.99 Å². The van der Waals surface area contributed by atoms with Crippen LogP contribution < -0.4 is 11.1 Å². The molecule has 18 heavy (non-hydrogen) atoms. The fourth-order valence-electron chi connectivity index (χ4n) is 2.71. The van der Waals surface area contributed by atoms with Crippen molar-refractivity contribution in [3.8, 4) is 0 Å². The van der Waals surface area contributed by atoms with Crippen molar-refractivity contribution in [3.05, 3.63) is 24.0 Å². The Balaban J connectivity index is 1.94. The summed E-state index contributed by atoms with van der Waals surface area (Å²) in [5, 5.41) is 3.44. The molecule has 3 N–H and O–H groups in total. The molecule has 0 aliphatic heterocycles. The molecule has 4 heteroatoms. The molecule has 1 aromatic heterocycles. The van der Waals surface area contributed by atoms with E-state index in [-0.39, 0.29) is 0 Å². The van der Waals surface area contributed by atoms with E-state index in [1.165, 1.54) is 0 Å². The lowest BCUT2D eigenvalue weighted by atomic mass is 10.0. The molecule has 0 atom stereocenters. The third-order valence-electron chi connectivity index (χ3n) is 4.85. The summed E-state index contributed by atoms with van der Waals surface area (Å²) in [4.78, 5) is 4.56. The number of anilines is 1. The van der Waals surface area contributed by atoms with E-state index in [1.54, 1.807) is 6.20 Å². The monoisotopic (exact) mass is 263 g/mol. The minimum absolute atomic E-state index is 0.339. The predicted octanol–water partition coefficient (Wildman–Crippen LogP) is 2.81. The van der Waals surface area contributed by atoms with Crippen molar-refractivity contribution < 1.29 is 0 Å². The molecule has 0 radical (unpaired) electrons. The molecule has 1 aliphatic carbocycles. The highest BCUT2D eigenvalue weighted by Crippen LogP contribution is 2.68. The van der Waals surface area contributed by atoms with Gasteiger partial charge < -0.3 is 11.1 Å². The van der Waals surface area contributed by atoms with Gasteiger partial charge >= 0.3 is 0 Å². The standard InChI is InChI=1S/C14H21N3S/c1-13(2)11(14(13,3)4)8-16-9-5-6-10(12(15)18)17-7-9/h5-7,11,16H,8H2,1-4H3,(H2,15,18). The van der Waals surface area contributed by atoms with Gasteiger partial charge in [-0.1, -0.05) is 39.9 Å². The largest absolute Gasteiger partial charge is 0.388 e. The maximum Gasteiger partial charge on any atom is 0.122 e. The maximum absolute atomic E-state index is 5.52. The molecule has 98 valence electrons. The lowest BCUT2D eigenvalue weighted by molar-refractivity contribution is 0.457. The molecule has 1 aromatic rings. The number of nitrogens with two attached hydrogens (primary N) is 1. The summed E-state index contributed by atoms with van der Waals surface area (Å²) in [5.74, 6) is 0.695. The molecular formula is C14H21N3S. The maximum atomic E-state index is 5.52. The number of pyridine rings is 1. The van der Waals surface area contributed by atoms with Crippen LogP contribution in [0.3, 0.4) is 0 Å². The first-order valence-corrected chi connectivity index (χ1v) is 6.67. The first-order valence-electron chi connectivity index (χ1n) is 6.26. The van der Waals surface area contributed by atoms with Crippen LogP contribution in [0.25, 0.3) is 0 Å². The van der Waals surface area contributed by atoms with E-state index in [2.05, 4.69) is 38.0 Å². The van der Waals surface area contributed by atoms with E-state index in [9.17, 15) is 0 Å². The van der Waals surface area contributed by atoms with Crippen molar-refractivity contribution in [2.75, 3.05) is 11.9 Å². The van der Waals surface area contributed by atoms with Crippen LogP contribution in [-0.4, -0.2) is 16.5 Å². The van der Waals surface area contributed by atoms with Gasteiger partial charge in [-0.05, 0) is 28.9 Å². The van der Waals surface area contributed by atoms with Crippen molar-refractivity contribution in [1.82, 2.24) is 4.98 Å². The molecule has 1 fully saturated rings. The Morgan fingerprint density at radius 1 is 1.33 bits per heavy atom. The lowest BCUT2D eigenvalue weighted by Gasteiger charge is -2.07. The van der Waals surface area contributed by atoms with Gasteiger partial charge in [-0.2, -0.15) is 0 Å². The quantitative estimate of drug-likeness (QED) is 0.820. The van der Waals surface area contributed by atoms with Gasteiger partial charge in [-0.3, -0.25) is 4.98 Å². The summed E-state index contributed by atoms with van der Waals surface area (Å²) in [5.41, 5.74) is 8.02. The number of rotatable bonds is 4. The molecule has 3 nitrogen and oxygen atoms in total. The van der Waals surface area contributed by atoms with Crippen LogP contribution >= 0.6 is 12.2 Å². The number of nitrogens with zero attached hydrogens (tertiary/aromatic N) is 1. The van der Waals surface area contributed by atoms with Crippen molar-refractivity contribution in [3.63, 3.8) is 0 Å². The zero-order valence-corrected chi connectivity index (χ0v) is 12.3. The minimum atomic E-state index is 0.339. The van der Waals surface area contributed by atoms with Gasteiger partial charge in [0.15, 0.2) is 0 Å². The van der Waals surface area contributed by atoms with E-state index < -0.39 is 0 Å². The van der Waals surface area contributed by atoms with Crippen molar-refractivity contribution in [2.45, 2.75) is 27.7 Å². The summed E-state index contributed by atoms with van der Waals surface area (Å²) in [6.45, 7) is 10.3. The third kappa shape index (κ3) is 2.09. The van der Waals surface area contributed by atoms with Crippen molar-refractivity contribution in [2.24, 2.45) is 22.5 Å². The zero-order valence-electron chi connectivity index (χ0n) is 11.4. The molecular weight excluding hydrogens is 242 g/mol. The Morgan fingerprint density at radius 3 is 2.33 bits per heavy atom. The van der Waals surface area contributed by atoms with Crippen molar-refractivity contribution >= 4 is 22.9 Å². The van der Waals surface area contributed by atoms with Gasteiger partial charge in [-0.25, -0.2) is 0 Å². The molecule has 0 saturated heterocycles. The van der Waals surface area contributed by atoms with Crippen LogP contribution in [0.1, 0.15) is 33.4 Å². The van der Waals surface area contributed by atoms with E-state index in [0.717, 1.165) is 12.2 Å². The summed E-state index contributed by atoms with van der Waals surface area (Å²) in [6, 6.07) is 3.83. The smallest absolute Gasteiger partial charge is 0.122 e. The normalized spacial score (nSPS) is 20.4. The Hall–Kier alpha value is -1.16. The first-order chi connectivity index (χ1) is 8.26. The highest BCUT2D eigenvalue weighted by atomic mass is 32.1. The molecule has 1 heterocycles. The molecule has 1 aliphatic rings. The highest BCUT2D eigenvalue weighted by molar-refractivity contribution is 7.80. The van der Waals surface area contributed by atoms with Crippen LogP contribution in [0.15, 0.2) is 18.3 Å². The summed E-state index contributed by atoms with van der Waals surface area (Å²) in [7, 11) is 0. The summed E-state index contributed by atoms with van der Waals surface area (Å²) < 4.78 is 0. The number of nitrogens with one attached hydrogen (secondary N) is 1. The first kappa shape index (κ1) is 13.3. The Labute approximate surface area is 114 Å². The Bertz CT molecular complexity index is 448. The average Bonchev–Trinajstić information content (AvgIpc) is 2.67. The van der Waals surface area contributed by atoms with Crippen LogP contribution in [0.5, 0.6) is 0 Å². The van der Waals surface area contributed by atoms with Crippen molar-refractivity contribution in [1.29, 1.82) is 0 Å². The number of hydrogen-bond donors (Lipinski definition) is 2. The molecule has 0 amide bonds. The molecule has 0 spiro atoms. The van der Waals surface area contributed by atoms with E-state index in [4.69, 9.17) is 18.0 Å². The predicted molar refractivity (Wildman–Crippen MR) is 79.7 cm³/mol. The second-order valence-corrected chi connectivity index (χ2v) is 6.61. The third-order valence-corrected chi connectivity index (χ3v) is 5.06. The average molecular weight is 263 g/mol. The highest BCUT2D eigenvalue weighted by Gasteiger charge is 2.63. The second kappa shape index (κ2) is 4.19. The zero-order chi connectivity index (χ0) is 13.6. The Kier molecular flexibility index (Phi) is 3.09. The van der Waals surface area contributed by atoms with Gasteiger partial charge in [0, 0.05) is 6.54 Å². The van der Waals surface area contributed by atoms with Gasteiger partial charge in [0.05, 0.1) is 17.6 Å². The molecule has 0 unspecified atom stereocenters. The molecule has 1 saturated carbocycles. The molecule has 2 rings (SSSR count). The van der Waals surface area contributed by atoms with E-state index in [1.807, 2.05) is 12.1 Å². The lowest BCUT2D eigenvalue weighted by Crippen LogP contribution is -2.12. The number of hydrogen-bond acceptors (Lipinski definition) is 3. The number of thiocarbonyl (C=S) groups is 1. The van der Waals surface area contributed by atoms with Gasteiger partial charge in [-0.15, -0.1) is 0 Å². The summed E-state index contributed by atoms with van der Waals surface area (Å²) >= 11 is 4.88. The van der Waals surface area contributed by atoms with E-state index >= 15 is 0 Å². The molecule has 0 aromatic carbocycles.